The Kier molecular flexibility index (Phi) is 7.95. The molecule has 0 aliphatic carbocycles. The monoisotopic (exact) mass is 359 g/mol. The van der Waals surface area contributed by atoms with E-state index >= 15 is 0 Å². The Bertz CT molecular complexity index is 692. The normalized spacial score (nSPS) is 10.3. The summed E-state index contributed by atoms with van der Waals surface area (Å²) in [5.41, 5.74) is 2.02. The highest BCUT2D eigenvalue weighted by Gasteiger charge is 2.04. The molecule has 0 atom stereocenters. The Hall–Kier alpha value is -2.37. The molecule has 0 saturated heterocycles. The minimum Gasteiger partial charge on any atom is -0.488 e. The predicted octanol–water partition coefficient (Wildman–Crippen LogP) is 3.10. The van der Waals surface area contributed by atoms with Gasteiger partial charge in [0.15, 0.2) is 0 Å². The maximum Gasteiger partial charge on any atom is 0.221 e. The highest BCUT2D eigenvalue weighted by molar-refractivity contribution is 6.32. The zero-order valence-electron chi connectivity index (χ0n) is 14.0. The van der Waals surface area contributed by atoms with Crippen molar-refractivity contribution in [3.63, 3.8) is 0 Å². The van der Waals surface area contributed by atoms with Crippen LogP contribution in [-0.2, 0) is 17.9 Å². The van der Waals surface area contributed by atoms with Gasteiger partial charge >= 0.3 is 0 Å². The topological polar surface area (TPSA) is 63.2 Å². The molecule has 0 bridgehead atoms. The summed E-state index contributed by atoms with van der Waals surface area (Å²) >= 11 is 6.17. The lowest BCUT2D eigenvalue weighted by atomic mass is 10.2. The van der Waals surface area contributed by atoms with E-state index in [-0.39, 0.29) is 5.91 Å². The number of hydrogen-bond donors (Lipinski definition) is 2. The SMILES string of the molecule is C=CCOc1ccc(CNCCC(=O)NCc2cccnc2)cc1Cl. The third-order valence-corrected chi connectivity index (χ3v) is 3.72. The Morgan fingerprint density at radius 1 is 1.28 bits per heavy atom. The Morgan fingerprint density at radius 2 is 2.16 bits per heavy atom. The first-order valence-electron chi connectivity index (χ1n) is 8.07. The Balaban J connectivity index is 1.66. The second kappa shape index (κ2) is 10.5. The molecule has 0 saturated carbocycles. The summed E-state index contributed by atoms with van der Waals surface area (Å²) in [4.78, 5) is 15.8. The summed E-state index contributed by atoms with van der Waals surface area (Å²) in [7, 11) is 0. The van der Waals surface area contributed by atoms with Crippen LogP contribution in [0.1, 0.15) is 17.5 Å². The number of hydrogen-bond acceptors (Lipinski definition) is 4. The van der Waals surface area contributed by atoms with Crippen molar-refractivity contribution in [2.45, 2.75) is 19.5 Å². The number of carbonyl (C=O) groups excluding carboxylic acids is 1. The fourth-order valence-electron chi connectivity index (χ4n) is 2.15. The number of halogens is 1. The molecule has 132 valence electrons. The van der Waals surface area contributed by atoms with E-state index in [1.165, 1.54) is 0 Å². The molecule has 25 heavy (non-hydrogen) atoms. The smallest absolute Gasteiger partial charge is 0.221 e. The number of nitrogens with zero attached hydrogens (tertiary/aromatic N) is 1. The summed E-state index contributed by atoms with van der Waals surface area (Å²) in [5.74, 6) is 0.641. The largest absolute Gasteiger partial charge is 0.488 e. The molecule has 2 N–H and O–H groups in total. The zero-order valence-corrected chi connectivity index (χ0v) is 14.8. The van der Waals surface area contributed by atoms with Crippen LogP contribution in [0.15, 0.2) is 55.4 Å². The molecule has 0 spiro atoms. The van der Waals surface area contributed by atoms with Crippen LogP contribution >= 0.6 is 11.6 Å². The van der Waals surface area contributed by atoms with E-state index in [4.69, 9.17) is 16.3 Å². The van der Waals surface area contributed by atoms with Gasteiger partial charge in [0.1, 0.15) is 12.4 Å². The first kappa shape index (κ1) is 19.0. The summed E-state index contributed by atoms with van der Waals surface area (Å²) in [6.07, 6.45) is 5.53. The molecule has 1 amide bonds. The molecule has 1 aromatic heterocycles. The van der Waals surface area contributed by atoms with E-state index in [0.717, 1.165) is 11.1 Å². The average Bonchev–Trinajstić information content (AvgIpc) is 2.64. The summed E-state index contributed by atoms with van der Waals surface area (Å²) in [6.45, 7) is 5.74. The van der Waals surface area contributed by atoms with Gasteiger partial charge in [-0.25, -0.2) is 0 Å². The number of nitrogens with one attached hydrogen (secondary N) is 2. The van der Waals surface area contributed by atoms with E-state index in [1.54, 1.807) is 18.5 Å². The van der Waals surface area contributed by atoms with Crippen molar-refractivity contribution >= 4 is 17.5 Å². The number of aromatic nitrogens is 1. The van der Waals surface area contributed by atoms with Crippen LogP contribution in [0, 0.1) is 0 Å². The van der Waals surface area contributed by atoms with Crippen LogP contribution in [0.2, 0.25) is 5.02 Å². The van der Waals surface area contributed by atoms with Crippen molar-refractivity contribution < 1.29 is 9.53 Å². The van der Waals surface area contributed by atoms with E-state index in [0.29, 0.717) is 43.4 Å². The van der Waals surface area contributed by atoms with E-state index in [2.05, 4.69) is 22.2 Å². The van der Waals surface area contributed by atoms with Crippen molar-refractivity contribution in [1.29, 1.82) is 0 Å². The van der Waals surface area contributed by atoms with Crippen LogP contribution in [-0.4, -0.2) is 24.0 Å². The second-order valence-corrected chi connectivity index (χ2v) is 5.84. The van der Waals surface area contributed by atoms with Gasteiger partial charge in [-0.05, 0) is 29.3 Å². The number of carbonyl (C=O) groups is 1. The van der Waals surface area contributed by atoms with Crippen molar-refractivity contribution in [3.8, 4) is 5.75 Å². The quantitative estimate of drug-likeness (QED) is 0.505. The lowest BCUT2D eigenvalue weighted by Crippen LogP contribution is -2.27. The third-order valence-electron chi connectivity index (χ3n) is 3.42. The molecule has 1 heterocycles. The van der Waals surface area contributed by atoms with Gasteiger partial charge in [0.25, 0.3) is 0 Å². The minimum absolute atomic E-state index is 0.00237. The van der Waals surface area contributed by atoms with Gasteiger partial charge in [0, 0.05) is 38.4 Å². The van der Waals surface area contributed by atoms with E-state index in [1.807, 2.05) is 30.3 Å². The molecular formula is C19H22ClN3O2. The molecule has 0 radical (unpaired) electrons. The number of rotatable bonds is 10. The maximum absolute atomic E-state index is 11.8. The molecular weight excluding hydrogens is 338 g/mol. The van der Waals surface area contributed by atoms with E-state index < -0.39 is 0 Å². The lowest BCUT2D eigenvalue weighted by Gasteiger charge is -2.09. The number of pyridine rings is 1. The van der Waals surface area contributed by atoms with Crippen molar-refractivity contribution in [1.82, 2.24) is 15.6 Å². The summed E-state index contributed by atoms with van der Waals surface area (Å²) in [6, 6.07) is 9.41. The first-order valence-corrected chi connectivity index (χ1v) is 8.45. The summed E-state index contributed by atoms with van der Waals surface area (Å²) < 4.78 is 5.43. The van der Waals surface area contributed by atoms with Crippen LogP contribution in [0.5, 0.6) is 5.75 Å². The Morgan fingerprint density at radius 3 is 2.88 bits per heavy atom. The first-order chi connectivity index (χ1) is 12.2. The summed E-state index contributed by atoms with van der Waals surface area (Å²) in [5, 5.41) is 6.67. The number of amides is 1. The molecule has 0 aliphatic rings. The minimum atomic E-state index is 0.00237. The molecule has 0 aliphatic heterocycles. The fraction of sp³-hybridized carbons (Fsp3) is 0.263. The van der Waals surface area contributed by atoms with Gasteiger partial charge in [0.2, 0.25) is 5.91 Å². The highest BCUT2D eigenvalue weighted by atomic mass is 35.5. The van der Waals surface area contributed by atoms with Crippen LogP contribution < -0.4 is 15.4 Å². The van der Waals surface area contributed by atoms with Gasteiger partial charge in [-0.3, -0.25) is 9.78 Å². The predicted molar refractivity (Wildman–Crippen MR) is 99.6 cm³/mol. The molecule has 5 nitrogen and oxygen atoms in total. The van der Waals surface area contributed by atoms with Crippen molar-refractivity contribution in [3.05, 3.63) is 71.5 Å². The maximum atomic E-state index is 11.8. The van der Waals surface area contributed by atoms with Crippen molar-refractivity contribution in [2.75, 3.05) is 13.2 Å². The zero-order chi connectivity index (χ0) is 17.9. The van der Waals surface area contributed by atoms with Crippen molar-refractivity contribution in [2.24, 2.45) is 0 Å². The molecule has 6 heteroatoms. The molecule has 0 unspecified atom stereocenters. The molecule has 0 fully saturated rings. The third kappa shape index (κ3) is 6.95. The van der Waals surface area contributed by atoms with Crippen LogP contribution in [0.4, 0.5) is 0 Å². The van der Waals surface area contributed by atoms with Gasteiger partial charge in [-0.15, -0.1) is 0 Å². The Labute approximate surface area is 153 Å². The molecule has 1 aromatic carbocycles. The van der Waals surface area contributed by atoms with Crippen LogP contribution in [0.25, 0.3) is 0 Å². The number of benzene rings is 1. The number of ether oxygens (including phenoxy) is 1. The highest BCUT2D eigenvalue weighted by Crippen LogP contribution is 2.25. The van der Waals surface area contributed by atoms with Gasteiger partial charge in [-0.2, -0.15) is 0 Å². The standard InChI is InChI=1S/C19H22ClN3O2/c1-2-10-25-18-6-5-15(11-17(18)20)12-22-9-7-19(24)23-14-16-4-3-8-21-13-16/h2-6,8,11,13,22H,1,7,9-10,12,14H2,(H,23,24). The van der Waals surface area contributed by atoms with Crippen LogP contribution in [0.3, 0.4) is 0 Å². The second-order valence-electron chi connectivity index (χ2n) is 5.43. The fourth-order valence-corrected chi connectivity index (χ4v) is 2.40. The van der Waals surface area contributed by atoms with E-state index in [9.17, 15) is 4.79 Å². The lowest BCUT2D eigenvalue weighted by molar-refractivity contribution is -0.121. The van der Waals surface area contributed by atoms with Gasteiger partial charge in [0.05, 0.1) is 5.02 Å². The van der Waals surface area contributed by atoms with Gasteiger partial charge < -0.3 is 15.4 Å². The molecule has 2 rings (SSSR count). The molecule has 2 aromatic rings. The van der Waals surface area contributed by atoms with Gasteiger partial charge in [-0.1, -0.05) is 36.4 Å². The average molecular weight is 360 g/mol.